The van der Waals surface area contributed by atoms with Gasteiger partial charge in [-0.2, -0.15) is 0 Å². The molecule has 0 aliphatic heterocycles. The zero-order valence-corrected chi connectivity index (χ0v) is 11.4. The lowest BCUT2D eigenvalue weighted by Gasteiger charge is -2.21. The molecule has 0 spiro atoms. The Balaban J connectivity index is 3.40. The average Bonchev–Trinajstić information content (AvgIpc) is 2.14. The third-order valence-electron chi connectivity index (χ3n) is 2.46. The highest BCUT2D eigenvalue weighted by molar-refractivity contribution is 7.90. The zero-order valence-electron chi connectivity index (χ0n) is 10.5. The van der Waals surface area contributed by atoms with Crippen LogP contribution in [0.5, 0.6) is 0 Å². The van der Waals surface area contributed by atoms with Crippen molar-refractivity contribution in [2.45, 2.75) is 44.4 Å². The molecule has 0 unspecified atom stereocenters. The SMILES string of the molecule is CCc1cc(S(C)(=O)=O)cnc1C(C)(C)C. The van der Waals surface area contributed by atoms with E-state index in [0.717, 1.165) is 17.7 Å². The van der Waals surface area contributed by atoms with Gasteiger partial charge in [0.2, 0.25) is 0 Å². The zero-order chi connectivity index (χ0) is 12.6. The molecular weight excluding hydrogens is 222 g/mol. The van der Waals surface area contributed by atoms with E-state index in [4.69, 9.17) is 0 Å². The van der Waals surface area contributed by atoms with Gasteiger partial charge in [-0.3, -0.25) is 4.98 Å². The normalized spacial score (nSPS) is 12.8. The maximum absolute atomic E-state index is 11.4. The van der Waals surface area contributed by atoms with Crippen LogP contribution in [-0.2, 0) is 21.7 Å². The van der Waals surface area contributed by atoms with Crippen LogP contribution in [0.15, 0.2) is 17.2 Å². The van der Waals surface area contributed by atoms with Gasteiger partial charge in [-0.25, -0.2) is 8.42 Å². The molecule has 1 aromatic heterocycles. The fourth-order valence-electron chi connectivity index (χ4n) is 1.64. The maximum atomic E-state index is 11.4. The molecule has 0 saturated heterocycles. The van der Waals surface area contributed by atoms with Gasteiger partial charge >= 0.3 is 0 Å². The number of sulfone groups is 1. The minimum atomic E-state index is -3.16. The van der Waals surface area contributed by atoms with E-state index in [9.17, 15) is 8.42 Å². The summed E-state index contributed by atoms with van der Waals surface area (Å²) < 4.78 is 22.8. The molecule has 4 heteroatoms. The van der Waals surface area contributed by atoms with E-state index in [1.807, 2.05) is 6.92 Å². The number of nitrogens with zero attached hydrogens (tertiary/aromatic N) is 1. The summed E-state index contributed by atoms with van der Waals surface area (Å²) in [6.07, 6.45) is 3.46. The monoisotopic (exact) mass is 241 g/mol. The van der Waals surface area contributed by atoms with Crippen LogP contribution in [0.4, 0.5) is 0 Å². The number of aromatic nitrogens is 1. The van der Waals surface area contributed by atoms with E-state index in [-0.39, 0.29) is 5.41 Å². The highest BCUT2D eigenvalue weighted by Crippen LogP contribution is 2.25. The average molecular weight is 241 g/mol. The lowest BCUT2D eigenvalue weighted by molar-refractivity contribution is 0.558. The molecule has 1 aromatic rings. The van der Waals surface area contributed by atoms with Crippen LogP contribution in [0.3, 0.4) is 0 Å². The van der Waals surface area contributed by atoms with E-state index in [1.165, 1.54) is 12.5 Å². The van der Waals surface area contributed by atoms with Gasteiger partial charge < -0.3 is 0 Å². The topological polar surface area (TPSA) is 47.0 Å². The van der Waals surface area contributed by atoms with E-state index in [1.54, 1.807) is 6.07 Å². The predicted molar refractivity (Wildman–Crippen MR) is 65.4 cm³/mol. The van der Waals surface area contributed by atoms with Crippen LogP contribution in [0.2, 0.25) is 0 Å². The largest absolute Gasteiger partial charge is 0.259 e. The summed E-state index contributed by atoms with van der Waals surface area (Å²) in [5.74, 6) is 0. The molecular formula is C12H19NO2S. The Labute approximate surface area is 97.8 Å². The summed E-state index contributed by atoms with van der Waals surface area (Å²) in [5.41, 5.74) is 1.93. The summed E-state index contributed by atoms with van der Waals surface area (Å²) in [7, 11) is -3.16. The van der Waals surface area contributed by atoms with Crippen molar-refractivity contribution in [2.75, 3.05) is 6.26 Å². The first-order valence-electron chi connectivity index (χ1n) is 5.35. The van der Waals surface area contributed by atoms with Crippen LogP contribution >= 0.6 is 0 Å². The van der Waals surface area contributed by atoms with Crippen LogP contribution in [0, 0.1) is 0 Å². The van der Waals surface area contributed by atoms with E-state index in [2.05, 4.69) is 25.8 Å². The summed E-state index contributed by atoms with van der Waals surface area (Å²) >= 11 is 0. The van der Waals surface area contributed by atoms with Gasteiger partial charge in [0, 0.05) is 23.6 Å². The molecule has 0 atom stereocenters. The predicted octanol–water partition coefficient (Wildman–Crippen LogP) is 2.35. The van der Waals surface area contributed by atoms with Gasteiger partial charge in [-0.05, 0) is 18.1 Å². The quantitative estimate of drug-likeness (QED) is 0.798. The minimum Gasteiger partial charge on any atom is -0.259 e. The van der Waals surface area contributed by atoms with Crippen molar-refractivity contribution in [2.24, 2.45) is 0 Å². The lowest BCUT2D eigenvalue weighted by atomic mass is 9.88. The van der Waals surface area contributed by atoms with Crippen LogP contribution in [0.1, 0.15) is 39.0 Å². The first kappa shape index (κ1) is 13.2. The fraction of sp³-hybridized carbons (Fsp3) is 0.583. The molecule has 0 fully saturated rings. The number of hydrogen-bond donors (Lipinski definition) is 0. The summed E-state index contributed by atoms with van der Waals surface area (Å²) in [6, 6.07) is 1.74. The molecule has 1 heterocycles. The second kappa shape index (κ2) is 4.17. The Morgan fingerprint density at radius 3 is 2.25 bits per heavy atom. The van der Waals surface area contributed by atoms with Crippen molar-refractivity contribution in [3.8, 4) is 0 Å². The molecule has 0 aromatic carbocycles. The number of hydrogen-bond acceptors (Lipinski definition) is 3. The fourth-order valence-corrected chi connectivity index (χ4v) is 2.24. The van der Waals surface area contributed by atoms with E-state index < -0.39 is 9.84 Å². The highest BCUT2D eigenvalue weighted by atomic mass is 32.2. The Morgan fingerprint density at radius 1 is 1.31 bits per heavy atom. The minimum absolute atomic E-state index is 0.0542. The van der Waals surface area contributed by atoms with Crippen molar-refractivity contribution < 1.29 is 8.42 Å². The Hall–Kier alpha value is -0.900. The van der Waals surface area contributed by atoms with Crippen molar-refractivity contribution in [3.63, 3.8) is 0 Å². The molecule has 0 saturated carbocycles. The third kappa shape index (κ3) is 2.82. The summed E-state index contributed by atoms with van der Waals surface area (Å²) in [6.45, 7) is 8.25. The van der Waals surface area contributed by atoms with Gasteiger partial charge in [0.05, 0.1) is 4.90 Å². The van der Waals surface area contributed by atoms with Crippen LogP contribution < -0.4 is 0 Å². The van der Waals surface area contributed by atoms with Gasteiger partial charge in [0.15, 0.2) is 9.84 Å². The van der Waals surface area contributed by atoms with E-state index >= 15 is 0 Å². The van der Waals surface area contributed by atoms with Gasteiger partial charge in [-0.15, -0.1) is 0 Å². The lowest BCUT2D eigenvalue weighted by Crippen LogP contribution is -2.17. The maximum Gasteiger partial charge on any atom is 0.177 e. The smallest absolute Gasteiger partial charge is 0.177 e. The second-order valence-electron chi connectivity index (χ2n) is 5.05. The Bertz CT molecular complexity index is 484. The molecule has 1 rings (SSSR count). The molecule has 0 N–H and O–H groups in total. The first-order chi connectivity index (χ1) is 7.16. The molecule has 0 bridgehead atoms. The molecule has 0 aliphatic carbocycles. The summed E-state index contributed by atoms with van der Waals surface area (Å²) in [4.78, 5) is 4.61. The molecule has 16 heavy (non-hydrogen) atoms. The Morgan fingerprint density at radius 2 is 1.88 bits per heavy atom. The second-order valence-corrected chi connectivity index (χ2v) is 7.07. The third-order valence-corrected chi connectivity index (χ3v) is 3.54. The van der Waals surface area contributed by atoms with Crippen LogP contribution in [0.25, 0.3) is 0 Å². The number of rotatable bonds is 2. The molecule has 0 radical (unpaired) electrons. The Kier molecular flexibility index (Phi) is 3.43. The van der Waals surface area contributed by atoms with E-state index in [0.29, 0.717) is 4.90 Å². The summed E-state index contributed by atoms with van der Waals surface area (Å²) in [5, 5.41) is 0. The molecule has 0 amide bonds. The molecule has 90 valence electrons. The standard InChI is InChI=1S/C12H19NO2S/c1-6-9-7-10(16(5,14)15)8-13-11(9)12(2,3)4/h7-8H,6H2,1-5H3. The van der Waals surface area contributed by atoms with Gasteiger partial charge in [0.1, 0.15) is 0 Å². The molecule has 0 aliphatic rings. The number of aryl methyl sites for hydroxylation is 1. The first-order valence-corrected chi connectivity index (χ1v) is 7.25. The van der Waals surface area contributed by atoms with Gasteiger partial charge in [-0.1, -0.05) is 27.7 Å². The molecule has 3 nitrogen and oxygen atoms in total. The van der Waals surface area contributed by atoms with Crippen molar-refractivity contribution in [3.05, 3.63) is 23.5 Å². The van der Waals surface area contributed by atoms with Crippen molar-refractivity contribution >= 4 is 9.84 Å². The highest BCUT2D eigenvalue weighted by Gasteiger charge is 2.20. The van der Waals surface area contributed by atoms with Crippen LogP contribution in [-0.4, -0.2) is 19.7 Å². The number of pyridine rings is 1. The van der Waals surface area contributed by atoms with Gasteiger partial charge in [0.25, 0.3) is 0 Å². The van der Waals surface area contributed by atoms with Crippen molar-refractivity contribution in [1.82, 2.24) is 4.98 Å². The van der Waals surface area contributed by atoms with Crippen molar-refractivity contribution in [1.29, 1.82) is 0 Å².